The highest BCUT2D eigenvalue weighted by atomic mass is 32.1. The Morgan fingerprint density at radius 1 is 1.21 bits per heavy atom. The standard InChI is InChI=1S/C23H28N2O3S/c1-4-27-23(26)19-9-7-12-25(16-19)13-14-28-24-21(22-18(3)11-15-29-22)20-10-6-5-8-17(20)2/h5-6,8-11,15H,4,7,12-14,16H2,1-3H3. The minimum atomic E-state index is -0.217. The van der Waals surface area contributed by atoms with Crippen molar-refractivity contribution in [2.24, 2.45) is 5.16 Å². The molecule has 0 saturated heterocycles. The summed E-state index contributed by atoms with van der Waals surface area (Å²) in [6.45, 7) is 9.09. The van der Waals surface area contributed by atoms with Crippen molar-refractivity contribution in [3.8, 4) is 0 Å². The molecule has 0 bridgehead atoms. The second kappa shape index (κ2) is 10.4. The fourth-order valence-electron chi connectivity index (χ4n) is 3.32. The van der Waals surface area contributed by atoms with Gasteiger partial charge < -0.3 is 9.57 Å². The van der Waals surface area contributed by atoms with Crippen molar-refractivity contribution in [2.45, 2.75) is 27.2 Å². The number of carbonyl (C=O) groups excluding carboxylic acids is 1. The Morgan fingerprint density at radius 3 is 2.76 bits per heavy atom. The van der Waals surface area contributed by atoms with Crippen LogP contribution in [0.1, 0.15) is 34.9 Å². The average Bonchev–Trinajstić information content (AvgIpc) is 3.15. The maximum atomic E-state index is 11.9. The van der Waals surface area contributed by atoms with E-state index in [0.29, 0.717) is 26.3 Å². The number of benzene rings is 1. The Balaban J connectivity index is 1.64. The highest BCUT2D eigenvalue weighted by molar-refractivity contribution is 7.12. The fraction of sp³-hybridized carbons (Fsp3) is 0.391. The van der Waals surface area contributed by atoms with Crippen LogP contribution in [0.15, 0.2) is 52.5 Å². The summed E-state index contributed by atoms with van der Waals surface area (Å²) < 4.78 is 5.11. The number of ether oxygens (including phenoxy) is 1. The molecule has 2 heterocycles. The Labute approximate surface area is 176 Å². The summed E-state index contributed by atoms with van der Waals surface area (Å²) in [5.74, 6) is -0.217. The van der Waals surface area contributed by atoms with E-state index < -0.39 is 0 Å². The number of hydrogen-bond donors (Lipinski definition) is 0. The molecule has 1 aromatic carbocycles. The number of carbonyl (C=O) groups is 1. The second-order valence-corrected chi connectivity index (χ2v) is 7.95. The number of rotatable bonds is 8. The number of nitrogens with zero attached hydrogens (tertiary/aromatic N) is 2. The molecule has 154 valence electrons. The van der Waals surface area contributed by atoms with Crippen molar-refractivity contribution in [1.29, 1.82) is 0 Å². The van der Waals surface area contributed by atoms with E-state index in [-0.39, 0.29) is 5.97 Å². The zero-order valence-corrected chi connectivity index (χ0v) is 18.1. The lowest BCUT2D eigenvalue weighted by Crippen LogP contribution is -2.35. The second-order valence-electron chi connectivity index (χ2n) is 7.04. The highest BCUT2D eigenvalue weighted by Gasteiger charge is 2.19. The lowest BCUT2D eigenvalue weighted by Gasteiger charge is -2.25. The van der Waals surface area contributed by atoms with Crippen LogP contribution in [-0.2, 0) is 14.4 Å². The summed E-state index contributed by atoms with van der Waals surface area (Å²) in [5.41, 5.74) is 5.06. The molecule has 2 aromatic rings. The molecule has 29 heavy (non-hydrogen) atoms. The van der Waals surface area contributed by atoms with Crippen LogP contribution in [-0.4, -0.2) is 49.4 Å². The normalized spacial score (nSPS) is 15.1. The van der Waals surface area contributed by atoms with Crippen LogP contribution in [0, 0.1) is 13.8 Å². The molecule has 0 amide bonds. The first kappa shape index (κ1) is 21.3. The van der Waals surface area contributed by atoms with Gasteiger partial charge in [-0.1, -0.05) is 35.5 Å². The van der Waals surface area contributed by atoms with Gasteiger partial charge in [-0.15, -0.1) is 11.3 Å². The van der Waals surface area contributed by atoms with Crippen molar-refractivity contribution in [1.82, 2.24) is 4.90 Å². The van der Waals surface area contributed by atoms with Crippen molar-refractivity contribution < 1.29 is 14.4 Å². The lowest BCUT2D eigenvalue weighted by atomic mass is 10.0. The molecular weight excluding hydrogens is 384 g/mol. The molecule has 5 nitrogen and oxygen atoms in total. The van der Waals surface area contributed by atoms with Gasteiger partial charge in [0.2, 0.25) is 0 Å². The molecule has 0 unspecified atom stereocenters. The third-order valence-electron chi connectivity index (χ3n) is 4.90. The van der Waals surface area contributed by atoms with Crippen LogP contribution < -0.4 is 0 Å². The molecular formula is C23H28N2O3S. The molecule has 3 rings (SSSR count). The van der Waals surface area contributed by atoms with Crippen molar-refractivity contribution >= 4 is 23.0 Å². The molecule has 1 aliphatic heterocycles. The van der Waals surface area contributed by atoms with Crippen molar-refractivity contribution in [2.75, 3.05) is 32.8 Å². The van der Waals surface area contributed by atoms with E-state index in [9.17, 15) is 4.79 Å². The van der Waals surface area contributed by atoms with Gasteiger partial charge in [0.15, 0.2) is 0 Å². The number of oxime groups is 1. The van der Waals surface area contributed by atoms with Gasteiger partial charge >= 0.3 is 5.97 Å². The monoisotopic (exact) mass is 412 g/mol. The quantitative estimate of drug-likeness (QED) is 0.280. The molecule has 0 N–H and O–H groups in total. The summed E-state index contributed by atoms with van der Waals surface area (Å²) in [4.78, 5) is 21.0. The van der Waals surface area contributed by atoms with Gasteiger partial charge in [0.05, 0.1) is 11.5 Å². The van der Waals surface area contributed by atoms with Crippen LogP contribution in [0.25, 0.3) is 0 Å². The Morgan fingerprint density at radius 2 is 2.03 bits per heavy atom. The number of esters is 1. The number of thiophene rings is 1. The summed E-state index contributed by atoms with van der Waals surface area (Å²) in [5, 5.41) is 6.60. The van der Waals surface area contributed by atoms with E-state index >= 15 is 0 Å². The van der Waals surface area contributed by atoms with Gasteiger partial charge in [0.25, 0.3) is 0 Å². The molecule has 0 atom stereocenters. The molecule has 0 saturated carbocycles. The van der Waals surface area contributed by atoms with Crippen LogP contribution in [0.5, 0.6) is 0 Å². The molecule has 1 aromatic heterocycles. The van der Waals surface area contributed by atoms with E-state index in [1.165, 1.54) is 11.1 Å². The molecule has 0 aliphatic carbocycles. The van der Waals surface area contributed by atoms with Crippen LogP contribution in [0.2, 0.25) is 0 Å². The first-order chi connectivity index (χ1) is 14.1. The topological polar surface area (TPSA) is 51.1 Å². The maximum Gasteiger partial charge on any atom is 0.334 e. The van der Waals surface area contributed by atoms with Crippen LogP contribution in [0.3, 0.4) is 0 Å². The molecule has 1 aliphatic rings. The predicted molar refractivity (Wildman–Crippen MR) is 118 cm³/mol. The van der Waals surface area contributed by atoms with Crippen molar-refractivity contribution in [3.05, 3.63) is 68.9 Å². The Hall–Kier alpha value is -2.44. The van der Waals surface area contributed by atoms with Gasteiger partial charge in [-0.25, -0.2) is 4.79 Å². The predicted octanol–water partition coefficient (Wildman–Crippen LogP) is 4.33. The average molecular weight is 413 g/mol. The SMILES string of the molecule is CCOC(=O)C1=CCCN(CCON=C(c2ccccc2C)c2sccc2C)C1. The van der Waals surface area contributed by atoms with Gasteiger partial charge in [0, 0.05) is 30.8 Å². The Kier molecular flexibility index (Phi) is 7.61. The Bertz CT molecular complexity index is 901. The lowest BCUT2D eigenvalue weighted by molar-refractivity contribution is -0.139. The molecule has 0 spiro atoms. The van der Waals surface area contributed by atoms with E-state index in [4.69, 9.17) is 9.57 Å². The number of hydrogen-bond acceptors (Lipinski definition) is 6. The summed E-state index contributed by atoms with van der Waals surface area (Å²) in [6, 6.07) is 10.3. The zero-order chi connectivity index (χ0) is 20.6. The van der Waals surface area contributed by atoms with E-state index in [1.54, 1.807) is 11.3 Å². The molecule has 0 fully saturated rings. The third kappa shape index (κ3) is 5.55. The van der Waals surface area contributed by atoms with E-state index in [0.717, 1.165) is 34.7 Å². The van der Waals surface area contributed by atoms with Crippen LogP contribution >= 0.6 is 11.3 Å². The van der Waals surface area contributed by atoms with Gasteiger partial charge in [-0.05, 0) is 49.8 Å². The van der Waals surface area contributed by atoms with E-state index in [1.807, 2.05) is 25.1 Å². The third-order valence-corrected chi connectivity index (χ3v) is 5.92. The summed E-state index contributed by atoms with van der Waals surface area (Å²) in [6.07, 6.45) is 2.82. The van der Waals surface area contributed by atoms with Gasteiger partial charge in [-0.3, -0.25) is 4.90 Å². The van der Waals surface area contributed by atoms with E-state index in [2.05, 4.69) is 47.5 Å². The fourth-order valence-corrected chi connectivity index (χ4v) is 4.24. The van der Waals surface area contributed by atoms with Gasteiger partial charge in [-0.2, -0.15) is 0 Å². The summed E-state index contributed by atoms with van der Waals surface area (Å²) in [7, 11) is 0. The zero-order valence-electron chi connectivity index (χ0n) is 17.3. The largest absolute Gasteiger partial charge is 0.463 e. The number of aryl methyl sites for hydroxylation is 2. The van der Waals surface area contributed by atoms with Crippen molar-refractivity contribution in [3.63, 3.8) is 0 Å². The minimum absolute atomic E-state index is 0.217. The first-order valence-electron chi connectivity index (χ1n) is 9.99. The molecule has 0 radical (unpaired) electrons. The first-order valence-corrected chi connectivity index (χ1v) is 10.9. The minimum Gasteiger partial charge on any atom is -0.463 e. The molecule has 6 heteroatoms. The van der Waals surface area contributed by atoms with Crippen LogP contribution in [0.4, 0.5) is 0 Å². The van der Waals surface area contributed by atoms with Gasteiger partial charge in [0.1, 0.15) is 12.3 Å². The smallest absolute Gasteiger partial charge is 0.334 e. The highest BCUT2D eigenvalue weighted by Crippen LogP contribution is 2.23. The summed E-state index contributed by atoms with van der Waals surface area (Å²) >= 11 is 1.68. The maximum absolute atomic E-state index is 11.9.